The Morgan fingerprint density at radius 2 is 2.14 bits per heavy atom. The molecule has 0 aliphatic carbocycles. The predicted octanol–water partition coefficient (Wildman–Crippen LogP) is 2.32. The fourth-order valence-electron chi connectivity index (χ4n) is 1.34. The lowest BCUT2D eigenvalue weighted by atomic mass is 10.1. The van der Waals surface area contributed by atoms with Gasteiger partial charge in [0.05, 0.1) is 16.4 Å². The highest BCUT2D eigenvalue weighted by Crippen LogP contribution is 2.26. The number of nitrogens with two attached hydrogens (primary N) is 1. The van der Waals surface area contributed by atoms with E-state index in [1.54, 1.807) is 16.9 Å². The van der Waals surface area contributed by atoms with Crippen LogP contribution in [0.2, 0.25) is 5.02 Å². The summed E-state index contributed by atoms with van der Waals surface area (Å²) in [7, 11) is 1.89. The molecule has 0 saturated carbocycles. The van der Waals surface area contributed by atoms with Crippen LogP contribution in [0.5, 0.6) is 0 Å². The van der Waals surface area contributed by atoms with Crippen LogP contribution in [0.4, 0.5) is 5.69 Å². The molecule has 0 aliphatic rings. The lowest BCUT2D eigenvalue weighted by Crippen LogP contribution is -1.94. The second kappa shape index (κ2) is 3.35. The molecule has 2 aromatic rings. The van der Waals surface area contributed by atoms with Crippen molar-refractivity contribution >= 4 is 17.3 Å². The van der Waals surface area contributed by atoms with Gasteiger partial charge in [-0.3, -0.25) is 4.68 Å². The van der Waals surface area contributed by atoms with Gasteiger partial charge in [-0.15, -0.1) is 0 Å². The largest absolute Gasteiger partial charge is 0.398 e. The van der Waals surface area contributed by atoms with Crippen LogP contribution in [0, 0.1) is 0 Å². The highest BCUT2D eigenvalue weighted by atomic mass is 35.5. The zero-order valence-electron chi connectivity index (χ0n) is 7.74. The number of benzene rings is 1. The van der Waals surface area contributed by atoms with E-state index in [2.05, 4.69) is 5.10 Å². The lowest BCUT2D eigenvalue weighted by molar-refractivity contribution is 0.776. The number of rotatable bonds is 1. The van der Waals surface area contributed by atoms with Crippen LogP contribution in [0.25, 0.3) is 11.3 Å². The van der Waals surface area contributed by atoms with E-state index in [4.69, 9.17) is 17.3 Å². The second-order valence-corrected chi connectivity index (χ2v) is 3.48. The van der Waals surface area contributed by atoms with Crippen molar-refractivity contribution in [1.82, 2.24) is 9.78 Å². The normalized spacial score (nSPS) is 10.4. The fraction of sp³-hybridized carbons (Fsp3) is 0.100. The molecule has 0 radical (unpaired) electrons. The third-order valence-corrected chi connectivity index (χ3v) is 2.44. The molecule has 2 N–H and O–H groups in total. The van der Waals surface area contributed by atoms with Gasteiger partial charge in [-0.2, -0.15) is 5.10 Å². The van der Waals surface area contributed by atoms with Gasteiger partial charge >= 0.3 is 0 Å². The van der Waals surface area contributed by atoms with Gasteiger partial charge in [-0.25, -0.2) is 0 Å². The Bertz CT molecular complexity index is 462. The van der Waals surface area contributed by atoms with E-state index in [-0.39, 0.29) is 0 Å². The van der Waals surface area contributed by atoms with Crippen molar-refractivity contribution in [2.45, 2.75) is 0 Å². The smallest absolute Gasteiger partial charge is 0.0679 e. The third-order valence-electron chi connectivity index (χ3n) is 2.12. The SMILES string of the molecule is Cn1nccc1-c1ccc(N)c(Cl)c1. The molecule has 0 amide bonds. The van der Waals surface area contributed by atoms with Gasteiger partial charge in [0.25, 0.3) is 0 Å². The standard InChI is InChI=1S/C10H10ClN3/c1-14-10(4-5-13-14)7-2-3-9(12)8(11)6-7/h2-6H,12H2,1H3. The Morgan fingerprint density at radius 1 is 1.36 bits per heavy atom. The van der Waals surface area contributed by atoms with Gasteiger partial charge in [-0.1, -0.05) is 17.7 Å². The van der Waals surface area contributed by atoms with E-state index in [9.17, 15) is 0 Å². The van der Waals surface area contributed by atoms with Crippen LogP contribution in [0.1, 0.15) is 0 Å². The maximum Gasteiger partial charge on any atom is 0.0679 e. The summed E-state index contributed by atoms with van der Waals surface area (Å²) in [6, 6.07) is 7.50. The highest BCUT2D eigenvalue weighted by Gasteiger charge is 2.04. The average Bonchev–Trinajstić information content (AvgIpc) is 2.57. The molecule has 0 bridgehead atoms. The summed E-state index contributed by atoms with van der Waals surface area (Å²) in [5, 5.41) is 4.66. The molecule has 1 aromatic heterocycles. The molecule has 0 aliphatic heterocycles. The minimum Gasteiger partial charge on any atom is -0.398 e. The summed E-state index contributed by atoms with van der Waals surface area (Å²) < 4.78 is 1.79. The Labute approximate surface area is 87.1 Å². The predicted molar refractivity (Wildman–Crippen MR) is 58.1 cm³/mol. The van der Waals surface area contributed by atoms with Gasteiger partial charge in [0, 0.05) is 18.8 Å². The molecule has 0 spiro atoms. The van der Waals surface area contributed by atoms with Gasteiger partial charge in [0.15, 0.2) is 0 Å². The van der Waals surface area contributed by atoms with Crippen LogP contribution in [-0.4, -0.2) is 9.78 Å². The first-order valence-corrected chi connectivity index (χ1v) is 4.59. The van der Waals surface area contributed by atoms with Crippen LogP contribution in [-0.2, 0) is 7.05 Å². The number of hydrogen-bond acceptors (Lipinski definition) is 2. The Morgan fingerprint density at radius 3 is 2.71 bits per heavy atom. The first kappa shape index (κ1) is 9.09. The van der Waals surface area contributed by atoms with Gasteiger partial charge in [0.2, 0.25) is 0 Å². The molecule has 3 nitrogen and oxygen atoms in total. The molecule has 4 heteroatoms. The topological polar surface area (TPSA) is 43.8 Å². The van der Waals surface area contributed by atoms with Crippen molar-refractivity contribution in [1.29, 1.82) is 0 Å². The van der Waals surface area contributed by atoms with E-state index in [0.29, 0.717) is 10.7 Å². The van der Waals surface area contributed by atoms with E-state index >= 15 is 0 Å². The van der Waals surface area contributed by atoms with Gasteiger partial charge in [0.1, 0.15) is 0 Å². The van der Waals surface area contributed by atoms with Crippen molar-refractivity contribution < 1.29 is 0 Å². The number of nitrogens with zero attached hydrogens (tertiary/aromatic N) is 2. The summed E-state index contributed by atoms with van der Waals surface area (Å²) in [5.74, 6) is 0. The molecular formula is C10H10ClN3. The summed E-state index contributed by atoms with van der Waals surface area (Å²) in [5.41, 5.74) is 8.26. The van der Waals surface area contributed by atoms with E-state index in [1.165, 1.54) is 0 Å². The van der Waals surface area contributed by atoms with Crippen LogP contribution >= 0.6 is 11.6 Å². The first-order valence-electron chi connectivity index (χ1n) is 4.22. The van der Waals surface area contributed by atoms with Crippen LogP contribution < -0.4 is 5.73 Å². The van der Waals surface area contributed by atoms with Crippen molar-refractivity contribution in [3.8, 4) is 11.3 Å². The van der Waals surface area contributed by atoms with E-state index < -0.39 is 0 Å². The first-order chi connectivity index (χ1) is 6.68. The van der Waals surface area contributed by atoms with Crippen molar-refractivity contribution in [2.24, 2.45) is 7.05 Å². The van der Waals surface area contributed by atoms with Crippen molar-refractivity contribution in [3.63, 3.8) is 0 Å². The van der Waals surface area contributed by atoms with E-state index in [0.717, 1.165) is 11.3 Å². The Kier molecular flexibility index (Phi) is 2.17. The summed E-state index contributed by atoms with van der Waals surface area (Å²) in [6.07, 6.45) is 1.75. The quantitative estimate of drug-likeness (QED) is 0.730. The fourth-order valence-corrected chi connectivity index (χ4v) is 1.52. The number of anilines is 1. The summed E-state index contributed by atoms with van der Waals surface area (Å²) in [4.78, 5) is 0. The number of aromatic nitrogens is 2. The monoisotopic (exact) mass is 207 g/mol. The molecule has 0 fully saturated rings. The van der Waals surface area contributed by atoms with Gasteiger partial charge in [-0.05, 0) is 18.2 Å². The summed E-state index contributed by atoms with van der Waals surface area (Å²) >= 11 is 5.93. The third kappa shape index (κ3) is 1.46. The number of halogens is 1. The molecular weight excluding hydrogens is 198 g/mol. The van der Waals surface area contributed by atoms with Crippen molar-refractivity contribution in [3.05, 3.63) is 35.5 Å². The second-order valence-electron chi connectivity index (χ2n) is 3.08. The summed E-state index contributed by atoms with van der Waals surface area (Å²) in [6.45, 7) is 0. The molecule has 0 saturated heterocycles. The number of aryl methyl sites for hydroxylation is 1. The molecule has 1 aromatic carbocycles. The van der Waals surface area contributed by atoms with E-state index in [1.807, 2.05) is 25.2 Å². The van der Waals surface area contributed by atoms with Crippen LogP contribution in [0.15, 0.2) is 30.5 Å². The lowest BCUT2D eigenvalue weighted by Gasteiger charge is -2.04. The molecule has 0 unspecified atom stereocenters. The molecule has 14 heavy (non-hydrogen) atoms. The van der Waals surface area contributed by atoms with Gasteiger partial charge < -0.3 is 5.73 Å². The number of nitrogen functional groups attached to an aromatic ring is 1. The Hall–Kier alpha value is -1.48. The maximum absolute atomic E-state index is 5.93. The number of hydrogen-bond donors (Lipinski definition) is 1. The molecule has 1 heterocycles. The molecule has 0 atom stereocenters. The minimum absolute atomic E-state index is 0.573. The molecule has 2 rings (SSSR count). The highest BCUT2D eigenvalue weighted by molar-refractivity contribution is 6.33. The zero-order valence-corrected chi connectivity index (χ0v) is 8.49. The molecule has 72 valence electrons. The minimum atomic E-state index is 0.573. The zero-order chi connectivity index (χ0) is 10.1. The Balaban J connectivity index is 2.53. The van der Waals surface area contributed by atoms with Crippen LogP contribution in [0.3, 0.4) is 0 Å². The maximum atomic E-state index is 5.93. The van der Waals surface area contributed by atoms with Crippen molar-refractivity contribution in [2.75, 3.05) is 5.73 Å². The average molecular weight is 208 g/mol.